The molecule has 2 aromatic rings. The molecule has 2 aromatic carbocycles. The number of nitrogens with one attached hydrogen (secondary N) is 1. The number of methoxy groups -OCH3 is 1. The number of nitrogens with zero attached hydrogens (tertiary/aromatic N) is 1. The van der Waals surface area contributed by atoms with E-state index in [-0.39, 0.29) is 28.5 Å². The largest absolute Gasteiger partial charge is 0.497 e. The number of carbonyl (C=O) groups is 2. The molecule has 0 bridgehead atoms. The van der Waals surface area contributed by atoms with Crippen molar-refractivity contribution in [3.8, 4) is 5.75 Å². The maximum Gasteiger partial charge on any atom is 0.416 e. The van der Waals surface area contributed by atoms with Crippen molar-refractivity contribution < 1.29 is 27.5 Å². The van der Waals surface area contributed by atoms with Gasteiger partial charge < -0.3 is 15.0 Å². The molecule has 0 radical (unpaired) electrons. The number of halogens is 4. The molecule has 0 aromatic heterocycles. The highest BCUT2D eigenvalue weighted by atomic mass is 35.5. The summed E-state index contributed by atoms with van der Waals surface area (Å²) in [5, 5.41) is 2.81. The highest BCUT2D eigenvalue weighted by molar-refractivity contribution is 6.33. The Morgan fingerprint density at radius 2 is 1.83 bits per heavy atom. The molecule has 35 heavy (non-hydrogen) atoms. The average molecular weight is 509 g/mol. The minimum Gasteiger partial charge on any atom is -0.497 e. The van der Waals surface area contributed by atoms with Crippen molar-refractivity contribution >= 4 is 29.1 Å². The Hall–Kier alpha value is -2.74. The molecular formula is C26H28ClF3N2O3. The van der Waals surface area contributed by atoms with Crippen LogP contribution in [0.1, 0.15) is 61.0 Å². The topological polar surface area (TPSA) is 58.6 Å². The van der Waals surface area contributed by atoms with Crippen molar-refractivity contribution in [3.05, 3.63) is 58.1 Å². The monoisotopic (exact) mass is 508 g/mol. The molecule has 1 heterocycles. The van der Waals surface area contributed by atoms with Gasteiger partial charge in [0.15, 0.2) is 0 Å². The lowest BCUT2D eigenvalue weighted by molar-refractivity contribution is -0.137. The van der Waals surface area contributed by atoms with Crippen LogP contribution in [0.15, 0.2) is 36.4 Å². The van der Waals surface area contributed by atoms with E-state index < -0.39 is 23.1 Å². The van der Waals surface area contributed by atoms with E-state index in [1.54, 1.807) is 7.11 Å². The fraction of sp³-hybridized carbons (Fsp3) is 0.462. The summed E-state index contributed by atoms with van der Waals surface area (Å²) in [7, 11) is 1.60. The average Bonchev–Trinajstić information content (AvgIpc) is 2.99. The van der Waals surface area contributed by atoms with E-state index in [0.717, 1.165) is 42.3 Å². The van der Waals surface area contributed by atoms with E-state index in [2.05, 4.69) is 5.32 Å². The third-order valence-corrected chi connectivity index (χ3v) is 7.44. The van der Waals surface area contributed by atoms with E-state index >= 15 is 0 Å². The van der Waals surface area contributed by atoms with Gasteiger partial charge in [-0.25, -0.2) is 0 Å². The number of alkyl halides is 3. The maximum absolute atomic E-state index is 13.2. The number of rotatable bonds is 5. The van der Waals surface area contributed by atoms with E-state index in [1.807, 2.05) is 36.9 Å². The molecule has 188 valence electrons. The molecule has 2 amide bonds. The number of anilines is 1. The summed E-state index contributed by atoms with van der Waals surface area (Å²) in [5.74, 6) is 0.413. The standard InChI is InChI=1S/C26H28ClF3N2O3/c1-25(2)20-13-18(35-3)9-11-22(20)32(24(25)34)14-15-4-7-17(8-5-15)31-23(33)19-12-16(26(28,29)30)6-10-21(19)27/h6,9-13,15,17H,4-5,7-8,14H2,1-3H3,(H,31,33)/t15-,17-. The maximum atomic E-state index is 13.2. The van der Waals surface area contributed by atoms with E-state index in [1.165, 1.54) is 0 Å². The molecule has 1 aliphatic heterocycles. The first-order chi connectivity index (χ1) is 16.4. The summed E-state index contributed by atoms with van der Waals surface area (Å²) in [6, 6.07) is 8.27. The molecule has 9 heteroatoms. The predicted molar refractivity (Wildman–Crippen MR) is 128 cm³/mol. The van der Waals surface area contributed by atoms with E-state index in [9.17, 15) is 22.8 Å². The van der Waals surface area contributed by atoms with Gasteiger partial charge in [0, 0.05) is 18.3 Å². The Bertz CT molecular complexity index is 1140. The van der Waals surface area contributed by atoms with Crippen LogP contribution in [0.25, 0.3) is 0 Å². The van der Waals surface area contributed by atoms with Gasteiger partial charge in [0.2, 0.25) is 5.91 Å². The lowest BCUT2D eigenvalue weighted by atomic mass is 9.85. The molecule has 2 aliphatic rings. The molecule has 0 atom stereocenters. The Balaban J connectivity index is 1.38. The predicted octanol–water partition coefficient (Wildman–Crippen LogP) is 5.98. The first-order valence-electron chi connectivity index (χ1n) is 11.6. The normalized spacial score (nSPS) is 21.6. The Morgan fingerprint density at radius 3 is 2.46 bits per heavy atom. The Morgan fingerprint density at radius 1 is 1.14 bits per heavy atom. The van der Waals surface area contributed by atoms with Crippen LogP contribution in [-0.4, -0.2) is 31.5 Å². The molecular weight excluding hydrogens is 481 g/mol. The van der Waals surface area contributed by atoms with Crippen molar-refractivity contribution in [3.63, 3.8) is 0 Å². The van der Waals surface area contributed by atoms with Crippen molar-refractivity contribution in [2.45, 2.75) is 57.2 Å². The molecule has 5 nitrogen and oxygen atoms in total. The molecule has 1 aliphatic carbocycles. The van der Waals surface area contributed by atoms with Crippen LogP contribution in [0.5, 0.6) is 5.75 Å². The lowest BCUT2D eigenvalue weighted by Gasteiger charge is -2.32. The summed E-state index contributed by atoms with van der Waals surface area (Å²) in [6.45, 7) is 4.42. The summed E-state index contributed by atoms with van der Waals surface area (Å²) < 4.78 is 44.4. The van der Waals surface area contributed by atoms with Gasteiger partial charge in [0.05, 0.1) is 28.7 Å². The van der Waals surface area contributed by atoms with Gasteiger partial charge in [-0.1, -0.05) is 11.6 Å². The second-order valence-electron chi connectivity index (χ2n) is 9.81. The van der Waals surface area contributed by atoms with Crippen LogP contribution in [-0.2, 0) is 16.4 Å². The Labute approximate surface area is 207 Å². The Kier molecular flexibility index (Phi) is 6.79. The van der Waals surface area contributed by atoms with Crippen LogP contribution in [0.2, 0.25) is 5.02 Å². The zero-order chi connectivity index (χ0) is 25.5. The molecule has 1 N–H and O–H groups in total. The van der Waals surface area contributed by atoms with Crippen LogP contribution < -0.4 is 15.0 Å². The number of fused-ring (bicyclic) bond motifs is 1. The van der Waals surface area contributed by atoms with Gasteiger partial charge in [-0.05, 0) is 87.4 Å². The summed E-state index contributed by atoms with van der Waals surface area (Å²) in [6.07, 6.45) is -1.63. The number of amides is 2. The quantitative estimate of drug-likeness (QED) is 0.540. The number of ether oxygens (including phenoxy) is 1. The van der Waals surface area contributed by atoms with Crippen LogP contribution in [0, 0.1) is 5.92 Å². The first-order valence-corrected chi connectivity index (χ1v) is 12.0. The smallest absolute Gasteiger partial charge is 0.416 e. The van der Waals surface area contributed by atoms with Gasteiger partial charge in [-0.2, -0.15) is 13.2 Å². The molecule has 4 rings (SSSR count). The molecule has 1 saturated carbocycles. The fourth-order valence-corrected chi connectivity index (χ4v) is 5.21. The molecule has 0 unspecified atom stereocenters. The van der Waals surface area contributed by atoms with Crippen molar-refractivity contribution in [1.29, 1.82) is 0 Å². The number of carbonyl (C=O) groups excluding carboxylic acids is 2. The third-order valence-electron chi connectivity index (χ3n) is 7.11. The minimum absolute atomic E-state index is 0.0188. The van der Waals surface area contributed by atoms with Crippen LogP contribution in [0.3, 0.4) is 0 Å². The first kappa shape index (κ1) is 25.4. The molecule has 0 spiro atoms. The van der Waals surface area contributed by atoms with Crippen LogP contribution >= 0.6 is 11.6 Å². The minimum atomic E-state index is -4.55. The second-order valence-corrected chi connectivity index (χ2v) is 10.2. The van der Waals surface area contributed by atoms with Gasteiger partial charge >= 0.3 is 6.18 Å². The molecule has 1 fully saturated rings. The number of benzene rings is 2. The zero-order valence-corrected chi connectivity index (χ0v) is 20.6. The fourth-order valence-electron chi connectivity index (χ4n) is 5.01. The summed E-state index contributed by atoms with van der Waals surface area (Å²) >= 11 is 6.00. The van der Waals surface area contributed by atoms with E-state index in [4.69, 9.17) is 16.3 Å². The molecule has 0 saturated heterocycles. The third kappa shape index (κ3) is 4.99. The van der Waals surface area contributed by atoms with Gasteiger partial charge in [0.25, 0.3) is 5.91 Å². The number of hydrogen-bond donors (Lipinski definition) is 1. The van der Waals surface area contributed by atoms with Crippen molar-refractivity contribution in [2.24, 2.45) is 5.92 Å². The number of hydrogen-bond acceptors (Lipinski definition) is 3. The van der Waals surface area contributed by atoms with Gasteiger partial charge in [0.1, 0.15) is 5.75 Å². The van der Waals surface area contributed by atoms with Crippen molar-refractivity contribution in [2.75, 3.05) is 18.6 Å². The lowest BCUT2D eigenvalue weighted by Crippen LogP contribution is -2.42. The SMILES string of the molecule is COc1ccc2c(c1)C(C)(C)C(=O)N2C[C@H]1CC[C@H](NC(=O)c2cc(C(F)(F)F)ccc2Cl)CC1. The highest BCUT2D eigenvalue weighted by Crippen LogP contribution is 2.44. The zero-order valence-electron chi connectivity index (χ0n) is 19.8. The highest BCUT2D eigenvalue weighted by Gasteiger charge is 2.44. The van der Waals surface area contributed by atoms with E-state index in [0.29, 0.717) is 25.1 Å². The summed E-state index contributed by atoms with van der Waals surface area (Å²) in [4.78, 5) is 27.7. The van der Waals surface area contributed by atoms with Gasteiger partial charge in [-0.15, -0.1) is 0 Å². The van der Waals surface area contributed by atoms with Gasteiger partial charge in [-0.3, -0.25) is 9.59 Å². The second kappa shape index (κ2) is 9.37. The summed E-state index contributed by atoms with van der Waals surface area (Å²) in [5.41, 5.74) is 0.114. The van der Waals surface area contributed by atoms with Crippen molar-refractivity contribution in [1.82, 2.24) is 5.32 Å². The van der Waals surface area contributed by atoms with Crippen LogP contribution in [0.4, 0.5) is 18.9 Å².